The van der Waals surface area contributed by atoms with Crippen molar-refractivity contribution in [2.75, 3.05) is 5.32 Å². The van der Waals surface area contributed by atoms with Gasteiger partial charge in [-0.25, -0.2) is 0 Å². The number of hydrogen-bond donors (Lipinski definition) is 1. The minimum Gasteiger partial charge on any atom is -0.375 e. The Hall–Kier alpha value is -1.48. The number of aromatic nitrogens is 2. The lowest BCUT2D eigenvalue weighted by atomic mass is 10.0. The standard InChI is InChI=1S/C17H24ClN3/c1-6-16(14-8-7-9-15(18)10-14)19-17-12(4)20-21(11(2)3)13(17)5/h7-11,16,19H,6H2,1-5H3. The summed E-state index contributed by atoms with van der Waals surface area (Å²) in [6.45, 7) is 10.6. The zero-order chi connectivity index (χ0) is 15.6. The maximum Gasteiger partial charge on any atom is 0.0828 e. The smallest absolute Gasteiger partial charge is 0.0828 e. The normalized spacial score (nSPS) is 12.7. The highest BCUT2D eigenvalue weighted by Gasteiger charge is 2.17. The van der Waals surface area contributed by atoms with Crippen molar-refractivity contribution in [1.29, 1.82) is 0 Å². The van der Waals surface area contributed by atoms with Gasteiger partial charge in [-0.2, -0.15) is 5.10 Å². The Kier molecular flexibility index (Phi) is 4.94. The molecule has 114 valence electrons. The molecule has 2 aromatic rings. The van der Waals surface area contributed by atoms with Gasteiger partial charge in [-0.15, -0.1) is 0 Å². The summed E-state index contributed by atoms with van der Waals surface area (Å²) in [6, 6.07) is 8.66. The van der Waals surface area contributed by atoms with Gasteiger partial charge < -0.3 is 5.32 Å². The van der Waals surface area contributed by atoms with Crippen LogP contribution in [-0.2, 0) is 0 Å². The molecule has 2 rings (SSSR count). The van der Waals surface area contributed by atoms with Crippen LogP contribution in [0.15, 0.2) is 24.3 Å². The molecular weight excluding hydrogens is 282 g/mol. The maximum absolute atomic E-state index is 6.11. The quantitative estimate of drug-likeness (QED) is 0.812. The van der Waals surface area contributed by atoms with Gasteiger partial charge in [0.1, 0.15) is 0 Å². The summed E-state index contributed by atoms with van der Waals surface area (Å²) in [7, 11) is 0. The number of rotatable bonds is 5. The Bertz CT molecular complexity index is 616. The van der Waals surface area contributed by atoms with Crippen molar-refractivity contribution >= 4 is 17.3 Å². The Labute approximate surface area is 132 Å². The number of nitrogens with one attached hydrogen (secondary N) is 1. The lowest BCUT2D eigenvalue weighted by Crippen LogP contribution is -2.11. The predicted molar refractivity (Wildman–Crippen MR) is 90.2 cm³/mol. The van der Waals surface area contributed by atoms with Gasteiger partial charge in [-0.1, -0.05) is 30.7 Å². The minimum atomic E-state index is 0.242. The first-order valence-electron chi connectivity index (χ1n) is 7.51. The van der Waals surface area contributed by atoms with Gasteiger partial charge in [0.25, 0.3) is 0 Å². The van der Waals surface area contributed by atoms with E-state index in [1.165, 1.54) is 11.3 Å². The largest absolute Gasteiger partial charge is 0.375 e. The first-order chi connectivity index (χ1) is 9.93. The van der Waals surface area contributed by atoms with Gasteiger partial charge in [-0.3, -0.25) is 4.68 Å². The van der Waals surface area contributed by atoms with Crippen LogP contribution in [0.5, 0.6) is 0 Å². The molecule has 1 aromatic carbocycles. The van der Waals surface area contributed by atoms with Crippen molar-refractivity contribution in [2.24, 2.45) is 0 Å². The van der Waals surface area contributed by atoms with E-state index < -0.39 is 0 Å². The molecule has 0 aliphatic heterocycles. The lowest BCUT2D eigenvalue weighted by Gasteiger charge is -2.19. The van der Waals surface area contributed by atoms with E-state index in [9.17, 15) is 0 Å². The lowest BCUT2D eigenvalue weighted by molar-refractivity contribution is 0.516. The van der Waals surface area contributed by atoms with Crippen molar-refractivity contribution in [3.63, 3.8) is 0 Å². The average Bonchev–Trinajstić information content (AvgIpc) is 2.72. The summed E-state index contributed by atoms with van der Waals surface area (Å²) < 4.78 is 2.07. The highest BCUT2D eigenvalue weighted by molar-refractivity contribution is 6.30. The van der Waals surface area contributed by atoms with E-state index in [2.05, 4.69) is 55.8 Å². The number of anilines is 1. The zero-order valence-corrected chi connectivity index (χ0v) is 14.2. The highest BCUT2D eigenvalue weighted by atomic mass is 35.5. The van der Waals surface area contributed by atoms with Crippen molar-refractivity contribution in [3.05, 3.63) is 46.2 Å². The van der Waals surface area contributed by atoms with Crippen LogP contribution in [0.2, 0.25) is 5.02 Å². The summed E-state index contributed by atoms with van der Waals surface area (Å²) in [5.74, 6) is 0. The molecule has 0 amide bonds. The van der Waals surface area contributed by atoms with Gasteiger partial charge in [-0.05, 0) is 51.8 Å². The fraction of sp³-hybridized carbons (Fsp3) is 0.471. The summed E-state index contributed by atoms with van der Waals surface area (Å²) in [4.78, 5) is 0. The first-order valence-corrected chi connectivity index (χ1v) is 7.89. The van der Waals surface area contributed by atoms with Crippen molar-refractivity contribution < 1.29 is 0 Å². The highest BCUT2D eigenvalue weighted by Crippen LogP contribution is 2.29. The molecule has 3 nitrogen and oxygen atoms in total. The fourth-order valence-corrected chi connectivity index (χ4v) is 2.89. The number of hydrogen-bond acceptors (Lipinski definition) is 2. The molecule has 4 heteroatoms. The van der Waals surface area contributed by atoms with E-state index in [-0.39, 0.29) is 6.04 Å². The summed E-state index contributed by atoms with van der Waals surface area (Å²) in [6.07, 6.45) is 0.992. The van der Waals surface area contributed by atoms with E-state index in [1.54, 1.807) is 0 Å². The SMILES string of the molecule is CCC(Nc1c(C)nn(C(C)C)c1C)c1cccc(Cl)c1. The third kappa shape index (κ3) is 3.41. The molecule has 0 saturated heterocycles. The molecule has 0 aliphatic rings. The number of nitrogens with zero attached hydrogens (tertiary/aromatic N) is 2. The van der Waals surface area contributed by atoms with Crippen LogP contribution in [0.4, 0.5) is 5.69 Å². The average molecular weight is 306 g/mol. The molecule has 0 bridgehead atoms. The molecule has 1 aromatic heterocycles. The third-order valence-electron chi connectivity index (χ3n) is 3.79. The molecule has 0 aliphatic carbocycles. The van der Waals surface area contributed by atoms with E-state index in [4.69, 9.17) is 11.6 Å². The molecule has 0 saturated carbocycles. The molecule has 1 atom stereocenters. The minimum absolute atomic E-state index is 0.242. The Morgan fingerprint density at radius 1 is 1.29 bits per heavy atom. The van der Waals surface area contributed by atoms with Crippen LogP contribution in [-0.4, -0.2) is 9.78 Å². The summed E-state index contributed by atoms with van der Waals surface area (Å²) in [5, 5.41) is 9.06. The molecule has 0 fully saturated rings. The Morgan fingerprint density at radius 2 is 2.00 bits per heavy atom. The van der Waals surface area contributed by atoms with Crippen molar-refractivity contribution in [3.8, 4) is 0 Å². The van der Waals surface area contributed by atoms with E-state index in [0.717, 1.165) is 22.8 Å². The van der Waals surface area contributed by atoms with E-state index in [1.807, 2.05) is 18.2 Å². The zero-order valence-electron chi connectivity index (χ0n) is 13.4. The van der Waals surface area contributed by atoms with Crippen LogP contribution < -0.4 is 5.32 Å². The van der Waals surface area contributed by atoms with Gasteiger partial charge in [0, 0.05) is 11.1 Å². The number of aryl methyl sites for hydroxylation is 1. The second-order valence-electron chi connectivity index (χ2n) is 5.74. The number of benzene rings is 1. The van der Waals surface area contributed by atoms with Gasteiger partial charge in [0.2, 0.25) is 0 Å². The van der Waals surface area contributed by atoms with Gasteiger partial charge in [0.05, 0.1) is 23.1 Å². The van der Waals surface area contributed by atoms with Crippen LogP contribution in [0.1, 0.15) is 56.2 Å². The maximum atomic E-state index is 6.11. The second-order valence-corrected chi connectivity index (χ2v) is 6.18. The first kappa shape index (κ1) is 15.9. The Morgan fingerprint density at radius 3 is 2.52 bits per heavy atom. The van der Waals surface area contributed by atoms with Crippen LogP contribution >= 0.6 is 11.6 Å². The molecule has 1 heterocycles. The monoisotopic (exact) mass is 305 g/mol. The van der Waals surface area contributed by atoms with Crippen LogP contribution in [0.25, 0.3) is 0 Å². The van der Waals surface area contributed by atoms with E-state index >= 15 is 0 Å². The molecule has 1 N–H and O–H groups in total. The second kappa shape index (κ2) is 6.52. The number of halogens is 1. The molecule has 21 heavy (non-hydrogen) atoms. The summed E-state index contributed by atoms with van der Waals surface area (Å²) >= 11 is 6.11. The fourth-order valence-electron chi connectivity index (χ4n) is 2.69. The molecule has 0 spiro atoms. The van der Waals surface area contributed by atoms with Gasteiger partial charge >= 0.3 is 0 Å². The van der Waals surface area contributed by atoms with Crippen molar-refractivity contribution in [2.45, 2.75) is 53.1 Å². The van der Waals surface area contributed by atoms with Gasteiger partial charge in [0.15, 0.2) is 0 Å². The van der Waals surface area contributed by atoms with Crippen molar-refractivity contribution in [1.82, 2.24) is 9.78 Å². The topological polar surface area (TPSA) is 29.9 Å². The predicted octanol–water partition coefficient (Wildman–Crippen LogP) is 5.30. The Balaban J connectivity index is 2.31. The van der Waals surface area contributed by atoms with Crippen LogP contribution in [0.3, 0.4) is 0 Å². The molecule has 1 unspecified atom stereocenters. The van der Waals surface area contributed by atoms with E-state index in [0.29, 0.717) is 6.04 Å². The summed E-state index contributed by atoms with van der Waals surface area (Å²) in [5.41, 5.74) is 4.57. The van der Waals surface area contributed by atoms with Crippen LogP contribution in [0, 0.1) is 13.8 Å². The molecule has 0 radical (unpaired) electrons. The third-order valence-corrected chi connectivity index (χ3v) is 4.03. The molecular formula is C17H24ClN3.